The van der Waals surface area contributed by atoms with Crippen molar-refractivity contribution in [2.24, 2.45) is 0 Å². The Morgan fingerprint density at radius 2 is 1.67 bits per heavy atom. The van der Waals surface area contributed by atoms with Crippen LogP contribution < -0.4 is 0 Å². The normalized spacial score (nSPS) is 5.83. The van der Waals surface area contributed by atoms with Gasteiger partial charge in [0.1, 0.15) is 0 Å². The first kappa shape index (κ1) is 9.95. The monoisotopic (exact) mass is 122 g/mol. The highest BCUT2D eigenvalue weighted by Crippen LogP contribution is 1.73. The van der Waals surface area contributed by atoms with Crippen LogP contribution >= 0.6 is 11.6 Å². The first-order chi connectivity index (χ1) is 2.91. The van der Waals surface area contributed by atoms with Crippen molar-refractivity contribution in [2.45, 2.75) is 18.6 Å². The molecule has 0 spiro atoms. The second-order valence-corrected chi connectivity index (χ2v) is 2.00. The summed E-state index contributed by atoms with van der Waals surface area (Å²) in [5.41, 5.74) is 0. The summed E-state index contributed by atoms with van der Waals surface area (Å²) in [6.45, 7) is 2.22. The van der Waals surface area contributed by atoms with Crippen LogP contribution in [0.1, 0.15) is 13.3 Å². The zero-order valence-electron chi connectivity index (χ0n) is 4.79. The molecule has 0 aromatic rings. The van der Waals surface area contributed by atoms with Gasteiger partial charge in [-0.15, -0.1) is 16.9 Å². The Kier molecular flexibility index (Phi) is 28.2. The smallest absolute Gasteiger partial charge is 0.130 e. The van der Waals surface area contributed by atoms with Gasteiger partial charge >= 0.3 is 0 Å². The predicted octanol–water partition coefficient (Wildman–Crippen LogP) is 1.30. The summed E-state index contributed by atoms with van der Waals surface area (Å²) in [6.07, 6.45) is 2.85. The molecule has 0 fully saturated rings. The van der Waals surface area contributed by atoms with Gasteiger partial charge in [-0.25, -0.2) is 0 Å². The fourth-order valence-corrected chi connectivity index (χ4v) is 0. The first-order valence-corrected chi connectivity index (χ1v) is 4.46. The van der Waals surface area contributed by atoms with Crippen molar-refractivity contribution in [1.82, 2.24) is 0 Å². The summed E-state index contributed by atoms with van der Waals surface area (Å²) < 4.78 is 0. The zero-order chi connectivity index (χ0) is 5.41. The van der Waals surface area contributed by atoms with E-state index >= 15 is 0 Å². The fourth-order valence-electron chi connectivity index (χ4n) is 0. The van der Waals surface area contributed by atoms with Crippen LogP contribution in [0.15, 0.2) is 0 Å². The topological polar surface area (TPSA) is 0 Å². The average Bonchev–Trinajstić information content (AvgIpc) is 1.72. The van der Waals surface area contributed by atoms with Crippen molar-refractivity contribution in [1.29, 1.82) is 0 Å². The molecule has 0 aromatic heterocycles. The van der Waals surface area contributed by atoms with Crippen molar-refractivity contribution in [2.75, 3.05) is 6.38 Å². The molecule has 0 aliphatic rings. The van der Waals surface area contributed by atoms with Crippen LogP contribution in [0.5, 0.6) is 0 Å². The molecule has 0 bridgehead atoms. The van der Waals surface area contributed by atoms with Crippen LogP contribution in [-0.4, -0.2) is 22.7 Å². The Hall–Kier alpha value is 0.822. The van der Waals surface area contributed by atoms with E-state index in [9.17, 15) is 0 Å². The van der Waals surface area contributed by atoms with Gasteiger partial charge in [0.15, 0.2) is 0 Å². The standard InChI is InChI=1S/C3H7.CH3Cl.Al.2H/c1-3-2;1-2;;;/h1,3H2,2H3;1H3;;;. The quantitative estimate of drug-likeness (QED) is 0.363. The predicted molar refractivity (Wildman–Crippen MR) is 35.4 cm³/mol. The number of halogens is 1. The van der Waals surface area contributed by atoms with E-state index in [0.717, 1.165) is 0 Å². The molecule has 0 amide bonds. The van der Waals surface area contributed by atoms with Gasteiger partial charge in [-0.2, -0.15) is 0 Å². The Bertz CT molecular complexity index is 9.51. The van der Waals surface area contributed by atoms with Gasteiger partial charge in [0, 0.05) is 6.38 Å². The van der Waals surface area contributed by atoms with E-state index in [1.165, 1.54) is 34.4 Å². The second kappa shape index (κ2) is 17.0. The van der Waals surface area contributed by atoms with E-state index in [4.69, 9.17) is 0 Å². The maximum absolute atomic E-state index is 4.64. The molecule has 2 heteroatoms. The Morgan fingerprint density at radius 1 is 1.50 bits per heavy atom. The van der Waals surface area contributed by atoms with Crippen molar-refractivity contribution in [3.05, 3.63) is 0 Å². The molecule has 0 N–H and O–H groups in total. The summed E-state index contributed by atoms with van der Waals surface area (Å²) in [4.78, 5) is 0. The van der Waals surface area contributed by atoms with Gasteiger partial charge in [0.05, 0.1) is 0 Å². The molecule has 0 aliphatic heterocycles. The molecule has 0 unspecified atom stereocenters. The second-order valence-electron chi connectivity index (χ2n) is 1.000. The van der Waals surface area contributed by atoms with E-state index < -0.39 is 0 Å². The van der Waals surface area contributed by atoms with E-state index in [0.29, 0.717) is 0 Å². The largest absolute Gasteiger partial charge is 0.211 e. The van der Waals surface area contributed by atoms with Crippen LogP contribution in [-0.2, 0) is 0 Å². The molecule has 0 aliphatic carbocycles. The SMILES string of the molecule is CC[CH2][AlH2].CCl. The van der Waals surface area contributed by atoms with Gasteiger partial charge in [-0.05, 0) is 0 Å². The first-order valence-electron chi connectivity index (χ1n) is 2.29. The summed E-state index contributed by atoms with van der Waals surface area (Å²) in [5, 5.41) is 1.46. The molecular weight excluding hydrogens is 110 g/mol. The Labute approximate surface area is 53.3 Å². The molecule has 0 saturated carbocycles. The molecule has 0 atom stereocenters. The average molecular weight is 123 g/mol. The van der Waals surface area contributed by atoms with Gasteiger partial charge in [-0.1, -0.05) is 13.3 Å². The highest BCUT2D eigenvalue weighted by molar-refractivity contribution is 6.15. The zero-order valence-corrected chi connectivity index (χ0v) is 7.55. The molecule has 0 saturated heterocycles. The molecule has 0 rings (SSSR count). The number of alkyl halides is 1. The summed E-state index contributed by atoms with van der Waals surface area (Å²) in [7, 11) is 0. The van der Waals surface area contributed by atoms with Crippen molar-refractivity contribution >= 4 is 27.9 Å². The lowest BCUT2D eigenvalue weighted by atomic mass is 10.6. The highest BCUT2D eigenvalue weighted by atomic mass is 35.5. The van der Waals surface area contributed by atoms with Crippen LogP contribution in [0, 0.1) is 0 Å². The number of hydrogen-bond acceptors (Lipinski definition) is 0. The maximum atomic E-state index is 4.64. The van der Waals surface area contributed by atoms with Crippen LogP contribution in [0.3, 0.4) is 0 Å². The minimum atomic E-state index is 1.38. The third-order valence-electron chi connectivity index (χ3n) is 0.500. The summed E-state index contributed by atoms with van der Waals surface area (Å²) >= 11 is 6.03. The minimum absolute atomic E-state index is 1.38. The van der Waals surface area contributed by atoms with E-state index in [1.54, 1.807) is 0 Å². The summed E-state index contributed by atoms with van der Waals surface area (Å²) in [5.74, 6) is 0. The van der Waals surface area contributed by atoms with Crippen LogP contribution in [0.2, 0.25) is 5.28 Å². The summed E-state index contributed by atoms with van der Waals surface area (Å²) in [6, 6.07) is 0. The number of hydrogen-bond donors (Lipinski definition) is 0. The van der Waals surface area contributed by atoms with Crippen molar-refractivity contribution < 1.29 is 0 Å². The van der Waals surface area contributed by atoms with Gasteiger partial charge in [0.2, 0.25) is 16.3 Å². The van der Waals surface area contributed by atoms with E-state index in [2.05, 4.69) is 18.5 Å². The minimum Gasteiger partial charge on any atom is -0.130 e. The molecule has 0 aromatic carbocycles. The molecule has 0 heterocycles. The third kappa shape index (κ3) is 21.2. The molecule has 0 radical (unpaired) electrons. The van der Waals surface area contributed by atoms with Crippen LogP contribution in [0.25, 0.3) is 0 Å². The number of rotatable bonds is 1. The highest BCUT2D eigenvalue weighted by Gasteiger charge is 1.58. The molecule has 6 heavy (non-hydrogen) atoms. The Balaban J connectivity index is 0. The molecule has 38 valence electrons. The lowest BCUT2D eigenvalue weighted by Gasteiger charge is -1.66. The van der Waals surface area contributed by atoms with E-state index in [-0.39, 0.29) is 0 Å². The van der Waals surface area contributed by atoms with Crippen molar-refractivity contribution in [3.63, 3.8) is 0 Å². The fraction of sp³-hybridized carbons (Fsp3) is 1.00. The van der Waals surface area contributed by atoms with Gasteiger partial charge in [-0.3, -0.25) is 0 Å². The third-order valence-corrected chi connectivity index (χ3v) is 1.50. The molecular formula is C4H12AlCl. The maximum Gasteiger partial charge on any atom is 0.211 e. The van der Waals surface area contributed by atoms with Crippen LogP contribution in [0.4, 0.5) is 0 Å². The van der Waals surface area contributed by atoms with Gasteiger partial charge in [0.25, 0.3) is 0 Å². The lowest BCUT2D eigenvalue weighted by Crippen LogP contribution is -1.55. The van der Waals surface area contributed by atoms with Gasteiger partial charge < -0.3 is 0 Å². The Morgan fingerprint density at radius 3 is 1.67 bits per heavy atom. The van der Waals surface area contributed by atoms with E-state index in [1.807, 2.05) is 0 Å². The lowest BCUT2D eigenvalue weighted by molar-refractivity contribution is 1.08. The molecule has 0 nitrogen and oxygen atoms in total. The van der Waals surface area contributed by atoms with Crippen molar-refractivity contribution in [3.8, 4) is 0 Å².